The second kappa shape index (κ2) is 14.0. The van der Waals surface area contributed by atoms with E-state index in [9.17, 15) is 14.7 Å². The fourth-order valence-electron chi connectivity index (χ4n) is 4.22. The number of rotatable bonds is 14. The van der Waals surface area contributed by atoms with Crippen LogP contribution in [0.4, 0.5) is 0 Å². The molecule has 0 saturated carbocycles. The summed E-state index contributed by atoms with van der Waals surface area (Å²) >= 11 is 0. The summed E-state index contributed by atoms with van der Waals surface area (Å²) < 4.78 is 6.01. The number of pyridine rings is 1. The maximum atomic E-state index is 13.2. The van der Waals surface area contributed by atoms with E-state index in [0.717, 1.165) is 25.7 Å². The lowest BCUT2D eigenvalue weighted by molar-refractivity contribution is 0.0743. The van der Waals surface area contributed by atoms with Crippen LogP contribution in [0.15, 0.2) is 67.0 Å². The number of hydrogen-bond donors (Lipinski definition) is 1. The molecule has 1 N–H and O–H groups in total. The number of carbonyl (C=O) groups excluding carboxylic acids is 2. The molecule has 1 amide bonds. The van der Waals surface area contributed by atoms with Gasteiger partial charge in [0.1, 0.15) is 11.5 Å². The molecule has 0 unspecified atom stereocenters. The van der Waals surface area contributed by atoms with Crippen molar-refractivity contribution in [2.24, 2.45) is 0 Å². The van der Waals surface area contributed by atoms with E-state index in [-0.39, 0.29) is 17.4 Å². The van der Waals surface area contributed by atoms with Gasteiger partial charge in [0.15, 0.2) is 5.78 Å². The zero-order valence-electron chi connectivity index (χ0n) is 21.3. The van der Waals surface area contributed by atoms with Gasteiger partial charge in [-0.25, -0.2) is 0 Å². The lowest BCUT2D eigenvalue weighted by atomic mass is 10.0. The molecule has 3 rings (SSSR count). The first-order valence-electron chi connectivity index (χ1n) is 12.7. The van der Waals surface area contributed by atoms with Crippen molar-refractivity contribution in [3.05, 3.63) is 89.2 Å². The highest BCUT2D eigenvalue weighted by Crippen LogP contribution is 2.33. The number of phenols is 1. The summed E-state index contributed by atoms with van der Waals surface area (Å²) in [7, 11) is 0. The highest BCUT2D eigenvalue weighted by atomic mass is 16.5. The van der Waals surface area contributed by atoms with Crippen LogP contribution in [-0.4, -0.2) is 46.4 Å². The predicted octanol–water partition coefficient (Wildman–Crippen LogP) is 5.88. The minimum atomic E-state index is -0.171. The largest absolute Gasteiger partial charge is 0.507 e. The number of ether oxygens (including phenoxy) is 1. The van der Waals surface area contributed by atoms with Gasteiger partial charge < -0.3 is 14.7 Å². The lowest BCUT2D eigenvalue weighted by Crippen LogP contribution is -2.33. The summed E-state index contributed by atoms with van der Waals surface area (Å²) in [4.78, 5) is 31.0. The molecule has 6 nitrogen and oxygen atoms in total. The number of phenolic OH excluding ortho intramolecular Hbond substituents is 1. The van der Waals surface area contributed by atoms with Gasteiger partial charge in [-0.05, 0) is 74.9 Å². The number of hydrogen-bond acceptors (Lipinski definition) is 5. The second-order valence-corrected chi connectivity index (χ2v) is 8.92. The molecule has 0 radical (unpaired) electrons. The van der Waals surface area contributed by atoms with Crippen molar-refractivity contribution < 1.29 is 19.4 Å². The van der Waals surface area contributed by atoms with Gasteiger partial charge in [0, 0.05) is 36.6 Å². The first kappa shape index (κ1) is 26.9. The molecule has 0 aliphatic rings. The van der Waals surface area contributed by atoms with Gasteiger partial charge in [-0.15, -0.1) is 0 Å². The topological polar surface area (TPSA) is 79.7 Å². The zero-order chi connectivity index (χ0) is 25.8. The van der Waals surface area contributed by atoms with E-state index in [1.54, 1.807) is 18.3 Å². The van der Waals surface area contributed by atoms with Crippen molar-refractivity contribution in [1.29, 1.82) is 0 Å². The maximum absolute atomic E-state index is 13.2. The lowest BCUT2D eigenvalue weighted by Gasteiger charge is -2.23. The monoisotopic (exact) mass is 488 g/mol. The molecule has 3 aromatic rings. The Morgan fingerprint density at radius 2 is 1.72 bits per heavy atom. The van der Waals surface area contributed by atoms with Crippen molar-refractivity contribution >= 4 is 11.7 Å². The third-order valence-corrected chi connectivity index (χ3v) is 6.12. The number of benzene rings is 2. The van der Waals surface area contributed by atoms with Gasteiger partial charge >= 0.3 is 0 Å². The molecule has 0 spiro atoms. The zero-order valence-corrected chi connectivity index (χ0v) is 21.3. The maximum Gasteiger partial charge on any atom is 0.253 e. The van der Waals surface area contributed by atoms with Crippen LogP contribution in [0.5, 0.6) is 11.5 Å². The van der Waals surface area contributed by atoms with E-state index in [1.807, 2.05) is 54.4 Å². The third-order valence-electron chi connectivity index (χ3n) is 6.12. The molecule has 190 valence electrons. The summed E-state index contributed by atoms with van der Waals surface area (Å²) in [6.07, 6.45) is 8.57. The Hall–Kier alpha value is -3.67. The Bertz CT molecular complexity index is 1120. The normalized spacial score (nSPS) is 10.7. The summed E-state index contributed by atoms with van der Waals surface area (Å²) in [5, 5.41) is 10.6. The van der Waals surface area contributed by atoms with Crippen molar-refractivity contribution in [3.63, 3.8) is 0 Å². The number of aryl methyl sites for hydroxylation is 1. The Balaban J connectivity index is 1.59. The molecule has 0 fully saturated rings. The number of carbonyl (C=O) groups is 2. The van der Waals surface area contributed by atoms with Crippen molar-refractivity contribution in [3.8, 4) is 11.5 Å². The average Bonchev–Trinajstić information content (AvgIpc) is 2.90. The first-order chi connectivity index (χ1) is 17.5. The van der Waals surface area contributed by atoms with Crippen molar-refractivity contribution in [2.75, 3.05) is 19.7 Å². The standard InChI is InChI=1S/C30H36N2O4/c1-3-11-27-28(17-16-26(23(2)33)29(27)34)36-21-10-20-32(30(35)25-14-5-4-6-15-25)19-8-7-12-24-13-9-18-31-22-24/h4-6,9,13-18,22,34H,3,7-8,10-12,19-21H2,1-2H3. The van der Waals surface area contributed by atoms with Crippen LogP contribution in [-0.2, 0) is 12.8 Å². The molecule has 0 atom stereocenters. The number of ketones is 1. The number of nitrogens with zero attached hydrogens (tertiary/aromatic N) is 2. The molecular formula is C30H36N2O4. The second-order valence-electron chi connectivity index (χ2n) is 8.92. The summed E-state index contributed by atoms with van der Waals surface area (Å²) in [5.41, 5.74) is 2.86. The molecule has 2 aromatic carbocycles. The molecular weight excluding hydrogens is 452 g/mol. The van der Waals surface area contributed by atoms with Crippen LogP contribution in [0.25, 0.3) is 0 Å². The molecule has 6 heteroatoms. The summed E-state index contributed by atoms with van der Waals surface area (Å²) in [5.74, 6) is 0.454. The molecule has 36 heavy (non-hydrogen) atoms. The van der Waals surface area contributed by atoms with E-state index in [1.165, 1.54) is 12.5 Å². The fourth-order valence-corrected chi connectivity index (χ4v) is 4.22. The number of aromatic nitrogens is 1. The highest BCUT2D eigenvalue weighted by Gasteiger charge is 2.17. The Labute approximate surface area is 214 Å². The van der Waals surface area contributed by atoms with E-state index in [4.69, 9.17) is 4.74 Å². The quantitative estimate of drug-likeness (QED) is 0.227. The van der Waals surface area contributed by atoms with Gasteiger partial charge in [0.2, 0.25) is 0 Å². The SMILES string of the molecule is CCCc1c(OCCCN(CCCCc2cccnc2)C(=O)c2ccccc2)ccc(C(C)=O)c1O. The van der Waals surface area contributed by atoms with Crippen LogP contribution in [0, 0.1) is 0 Å². The van der Waals surface area contributed by atoms with Crippen LogP contribution >= 0.6 is 0 Å². The molecule has 0 aliphatic carbocycles. The van der Waals surface area contributed by atoms with E-state index in [2.05, 4.69) is 11.1 Å². The number of unbranched alkanes of at least 4 members (excludes halogenated alkanes) is 1. The van der Waals surface area contributed by atoms with Crippen LogP contribution in [0.1, 0.15) is 71.4 Å². The van der Waals surface area contributed by atoms with E-state index >= 15 is 0 Å². The predicted molar refractivity (Wildman–Crippen MR) is 142 cm³/mol. The van der Waals surface area contributed by atoms with Crippen LogP contribution in [0.3, 0.4) is 0 Å². The van der Waals surface area contributed by atoms with Crippen LogP contribution < -0.4 is 4.74 Å². The summed E-state index contributed by atoms with van der Waals surface area (Å²) in [6.45, 7) is 5.11. The smallest absolute Gasteiger partial charge is 0.253 e. The molecule has 0 bridgehead atoms. The third kappa shape index (κ3) is 7.67. The van der Waals surface area contributed by atoms with Crippen molar-refractivity contribution in [1.82, 2.24) is 9.88 Å². The van der Waals surface area contributed by atoms with Crippen molar-refractivity contribution in [2.45, 2.75) is 52.4 Å². The van der Waals surface area contributed by atoms with Gasteiger partial charge in [-0.1, -0.05) is 37.6 Å². The van der Waals surface area contributed by atoms with E-state index < -0.39 is 0 Å². The first-order valence-corrected chi connectivity index (χ1v) is 12.7. The Morgan fingerprint density at radius 1 is 0.944 bits per heavy atom. The number of aromatic hydroxyl groups is 1. The fraction of sp³-hybridized carbons (Fsp3) is 0.367. The summed E-state index contributed by atoms with van der Waals surface area (Å²) in [6, 6.07) is 16.7. The van der Waals surface area contributed by atoms with E-state index in [0.29, 0.717) is 55.0 Å². The van der Waals surface area contributed by atoms with Gasteiger partial charge in [-0.3, -0.25) is 14.6 Å². The van der Waals surface area contributed by atoms with Gasteiger partial charge in [0.05, 0.1) is 12.2 Å². The molecule has 0 aliphatic heterocycles. The van der Waals surface area contributed by atoms with Crippen LogP contribution in [0.2, 0.25) is 0 Å². The molecule has 0 saturated heterocycles. The number of amides is 1. The Kier molecular flexibility index (Phi) is 10.5. The average molecular weight is 489 g/mol. The van der Waals surface area contributed by atoms with Gasteiger partial charge in [0.25, 0.3) is 5.91 Å². The Morgan fingerprint density at radius 3 is 2.42 bits per heavy atom. The number of Topliss-reactive ketones (excluding diaryl/α,β-unsaturated/α-hetero) is 1. The molecule has 1 aromatic heterocycles. The minimum Gasteiger partial charge on any atom is -0.507 e. The molecule has 1 heterocycles. The highest BCUT2D eigenvalue weighted by molar-refractivity contribution is 5.97. The van der Waals surface area contributed by atoms with Gasteiger partial charge in [-0.2, -0.15) is 0 Å². The minimum absolute atomic E-state index is 0.0105.